The molecule has 17 heavy (non-hydrogen) atoms. The van der Waals surface area contributed by atoms with E-state index < -0.39 is 6.03 Å². The molecule has 1 atom stereocenters. The number of hydrogen-bond acceptors (Lipinski definition) is 4. The Bertz CT molecular complexity index is 234. The number of carbonyl (C=O) groups is 2. The van der Waals surface area contributed by atoms with Crippen molar-refractivity contribution in [2.24, 2.45) is 0 Å². The van der Waals surface area contributed by atoms with Crippen LogP contribution in [-0.4, -0.2) is 43.3 Å². The summed E-state index contributed by atoms with van der Waals surface area (Å²) < 4.78 is 0. The fourth-order valence-corrected chi connectivity index (χ4v) is 1.28. The van der Waals surface area contributed by atoms with E-state index in [4.69, 9.17) is 5.11 Å². The molecule has 0 aliphatic heterocycles. The number of amides is 3. The van der Waals surface area contributed by atoms with Crippen LogP contribution < -0.4 is 16.0 Å². The first kappa shape index (κ1) is 15.9. The van der Waals surface area contributed by atoms with Gasteiger partial charge < -0.3 is 15.7 Å². The van der Waals surface area contributed by atoms with Gasteiger partial charge in [-0.1, -0.05) is 12.8 Å². The van der Waals surface area contributed by atoms with Crippen LogP contribution >= 0.6 is 0 Å². The van der Waals surface area contributed by atoms with Crippen molar-refractivity contribution in [1.82, 2.24) is 16.0 Å². The Morgan fingerprint density at radius 1 is 1.18 bits per heavy atom. The molecule has 0 saturated carbocycles. The van der Waals surface area contributed by atoms with Crippen molar-refractivity contribution in [2.75, 3.05) is 20.2 Å². The third kappa shape index (κ3) is 8.65. The van der Waals surface area contributed by atoms with Gasteiger partial charge in [0, 0.05) is 13.7 Å². The number of unbranched alkanes of at least 4 members (excludes halogenated alkanes) is 3. The zero-order valence-corrected chi connectivity index (χ0v) is 10.6. The van der Waals surface area contributed by atoms with E-state index >= 15 is 0 Å². The van der Waals surface area contributed by atoms with Crippen LogP contribution in [0.4, 0.5) is 4.79 Å². The van der Waals surface area contributed by atoms with E-state index in [1.165, 1.54) is 7.05 Å². The SMILES string of the molecule is CNC(=O)NC(=O)C(C)NCCCCCCO. The van der Waals surface area contributed by atoms with Gasteiger partial charge in [-0.3, -0.25) is 10.1 Å². The lowest BCUT2D eigenvalue weighted by atomic mass is 10.2. The van der Waals surface area contributed by atoms with Crippen LogP contribution in [0.5, 0.6) is 0 Å². The van der Waals surface area contributed by atoms with Crippen molar-refractivity contribution >= 4 is 11.9 Å². The van der Waals surface area contributed by atoms with Crippen LogP contribution in [0.15, 0.2) is 0 Å². The Hall–Kier alpha value is -1.14. The minimum absolute atomic E-state index is 0.234. The molecule has 0 fully saturated rings. The van der Waals surface area contributed by atoms with Crippen molar-refractivity contribution in [2.45, 2.75) is 38.6 Å². The molecule has 100 valence electrons. The predicted octanol–water partition coefficient (Wildman–Crippen LogP) is -0.0272. The fourth-order valence-electron chi connectivity index (χ4n) is 1.28. The first-order chi connectivity index (χ1) is 8.11. The van der Waals surface area contributed by atoms with Crippen LogP contribution in [0, 0.1) is 0 Å². The number of imide groups is 1. The number of aliphatic hydroxyl groups excluding tert-OH is 1. The van der Waals surface area contributed by atoms with E-state index in [1.54, 1.807) is 6.92 Å². The molecule has 0 aromatic carbocycles. The van der Waals surface area contributed by atoms with Gasteiger partial charge >= 0.3 is 6.03 Å². The summed E-state index contributed by atoms with van der Waals surface area (Å²) in [5, 5.41) is 16.1. The van der Waals surface area contributed by atoms with Crippen molar-refractivity contribution in [3.63, 3.8) is 0 Å². The highest BCUT2D eigenvalue weighted by Crippen LogP contribution is 1.97. The minimum atomic E-state index is -0.494. The summed E-state index contributed by atoms with van der Waals surface area (Å²) in [6.45, 7) is 2.68. The summed E-state index contributed by atoms with van der Waals surface area (Å²) in [5.41, 5.74) is 0. The smallest absolute Gasteiger partial charge is 0.321 e. The Balaban J connectivity index is 3.54. The molecule has 0 saturated heterocycles. The molecule has 0 rings (SSSR count). The van der Waals surface area contributed by atoms with E-state index in [1.807, 2.05) is 0 Å². The maximum atomic E-state index is 11.4. The quantitative estimate of drug-likeness (QED) is 0.452. The zero-order chi connectivity index (χ0) is 13.1. The van der Waals surface area contributed by atoms with Gasteiger partial charge in [0.2, 0.25) is 5.91 Å². The maximum absolute atomic E-state index is 11.4. The van der Waals surface area contributed by atoms with Gasteiger partial charge in [0.15, 0.2) is 0 Å². The number of hydrogen-bond donors (Lipinski definition) is 4. The molecule has 6 nitrogen and oxygen atoms in total. The Labute approximate surface area is 102 Å². The lowest BCUT2D eigenvalue weighted by Crippen LogP contribution is -2.47. The minimum Gasteiger partial charge on any atom is -0.396 e. The second kappa shape index (κ2) is 10.0. The standard InChI is InChI=1S/C11H23N3O3/c1-9(10(16)14-11(17)12-2)13-7-5-3-4-6-8-15/h9,13,15H,3-8H2,1-2H3,(H2,12,14,16,17). The molecule has 0 heterocycles. The van der Waals surface area contributed by atoms with Gasteiger partial charge in [0.25, 0.3) is 0 Å². The van der Waals surface area contributed by atoms with Gasteiger partial charge in [-0.15, -0.1) is 0 Å². The van der Waals surface area contributed by atoms with Crippen molar-refractivity contribution in [3.05, 3.63) is 0 Å². The van der Waals surface area contributed by atoms with Crippen LogP contribution in [0.3, 0.4) is 0 Å². The highest BCUT2D eigenvalue weighted by Gasteiger charge is 2.13. The molecule has 0 aromatic heterocycles. The predicted molar refractivity (Wildman–Crippen MR) is 65.6 cm³/mol. The topological polar surface area (TPSA) is 90.5 Å². The largest absolute Gasteiger partial charge is 0.396 e. The lowest BCUT2D eigenvalue weighted by molar-refractivity contribution is -0.121. The summed E-state index contributed by atoms with van der Waals surface area (Å²) in [6, 6.07) is -0.878. The van der Waals surface area contributed by atoms with Crippen LogP contribution in [-0.2, 0) is 4.79 Å². The lowest BCUT2D eigenvalue weighted by Gasteiger charge is -2.12. The number of carbonyl (C=O) groups excluding carboxylic acids is 2. The number of nitrogens with one attached hydrogen (secondary N) is 3. The van der Waals surface area contributed by atoms with Crippen LogP contribution in [0.25, 0.3) is 0 Å². The van der Waals surface area contributed by atoms with Gasteiger partial charge in [-0.2, -0.15) is 0 Å². The first-order valence-electron chi connectivity index (χ1n) is 5.98. The third-order valence-corrected chi connectivity index (χ3v) is 2.39. The fraction of sp³-hybridized carbons (Fsp3) is 0.818. The number of aliphatic hydroxyl groups is 1. The van der Waals surface area contributed by atoms with E-state index in [0.717, 1.165) is 32.2 Å². The molecule has 0 spiro atoms. The molecule has 0 radical (unpaired) electrons. The normalized spacial score (nSPS) is 11.9. The molecule has 0 aliphatic carbocycles. The molecule has 3 amide bonds. The summed E-state index contributed by atoms with van der Waals surface area (Å²) in [5.74, 6) is -0.334. The Morgan fingerprint density at radius 2 is 1.82 bits per heavy atom. The highest BCUT2D eigenvalue weighted by atomic mass is 16.3. The monoisotopic (exact) mass is 245 g/mol. The van der Waals surface area contributed by atoms with Gasteiger partial charge in [-0.25, -0.2) is 4.79 Å². The molecular formula is C11H23N3O3. The third-order valence-electron chi connectivity index (χ3n) is 2.39. The first-order valence-corrected chi connectivity index (χ1v) is 5.98. The molecule has 6 heteroatoms. The van der Waals surface area contributed by atoms with Crippen molar-refractivity contribution in [1.29, 1.82) is 0 Å². The van der Waals surface area contributed by atoms with Crippen LogP contribution in [0.1, 0.15) is 32.6 Å². The molecule has 4 N–H and O–H groups in total. The van der Waals surface area contributed by atoms with E-state index in [0.29, 0.717) is 0 Å². The van der Waals surface area contributed by atoms with Crippen molar-refractivity contribution in [3.8, 4) is 0 Å². The Kier molecular flexibility index (Phi) is 9.37. The maximum Gasteiger partial charge on any atom is 0.321 e. The summed E-state index contributed by atoms with van der Waals surface area (Å²) >= 11 is 0. The van der Waals surface area contributed by atoms with Gasteiger partial charge in [-0.05, 0) is 26.3 Å². The van der Waals surface area contributed by atoms with E-state index in [-0.39, 0.29) is 18.6 Å². The van der Waals surface area contributed by atoms with E-state index in [9.17, 15) is 9.59 Å². The van der Waals surface area contributed by atoms with E-state index in [2.05, 4.69) is 16.0 Å². The second-order valence-corrected chi connectivity index (χ2v) is 3.88. The molecule has 0 bridgehead atoms. The summed E-state index contributed by atoms with van der Waals surface area (Å²) in [7, 11) is 1.46. The Morgan fingerprint density at radius 3 is 2.41 bits per heavy atom. The second-order valence-electron chi connectivity index (χ2n) is 3.88. The highest BCUT2D eigenvalue weighted by molar-refractivity contribution is 5.96. The molecule has 0 aromatic rings. The number of rotatable bonds is 8. The zero-order valence-electron chi connectivity index (χ0n) is 10.6. The number of urea groups is 1. The average Bonchev–Trinajstić information content (AvgIpc) is 2.32. The van der Waals surface area contributed by atoms with Crippen LogP contribution in [0.2, 0.25) is 0 Å². The van der Waals surface area contributed by atoms with Gasteiger partial charge in [0.1, 0.15) is 0 Å². The summed E-state index contributed by atoms with van der Waals surface area (Å²) in [4.78, 5) is 22.3. The van der Waals surface area contributed by atoms with Gasteiger partial charge in [0.05, 0.1) is 6.04 Å². The molecule has 0 aliphatic rings. The average molecular weight is 245 g/mol. The molecule has 1 unspecified atom stereocenters. The van der Waals surface area contributed by atoms with Crippen molar-refractivity contribution < 1.29 is 14.7 Å². The molecular weight excluding hydrogens is 222 g/mol. The summed E-state index contributed by atoms with van der Waals surface area (Å²) in [6.07, 6.45) is 3.80.